The Morgan fingerprint density at radius 1 is 1.19 bits per heavy atom. The molecular weight excluding hydrogens is 442 g/mol. The molecule has 0 aliphatic rings. The number of rotatable bonds is 6. The van der Waals surface area contributed by atoms with Gasteiger partial charge in [0.15, 0.2) is 17.4 Å². The Hall–Kier alpha value is -1.70. The second-order valence-corrected chi connectivity index (χ2v) is 7.30. The summed E-state index contributed by atoms with van der Waals surface area (Å²) in [6.07, 6.45) is -0.951. The second-order valence-electron chi connectivity index (χ2n) is 6.39. The molecule has 0 aliphatic heterocycles. The maximum Gasteiger partial charge on any atom is 0.190 e. The van der Waals surface area contributed by atoms with Crippen LogP contribution in [-0.2, 0) is 6.54 Å². The van der Waals surface area contributed by atoms with Crippen LogP contribution in [-0.4, -0.2) is 27.4 Å². The molecule has 27 heavy (non-hydrogen) atoms. The molecule has 3 aromatic rings. The molecule has 4 nitrogen and oxygen atoms in total. The average Bonchev–Trinajstić information content (AvgIpc) is 2.93. The third-order valence-corrected chi connectivity index (χ3v) is 4.43. The summed E-state index contributed by atoms with van der Waals surface area (Å²) >= 11 is 3.02. The number of hydrogen-bond donors (Lipinski definition) is 1. The first kappa shape index (κ1) is 21.6. The Morgan fingerprint density at radius 3 is 2.44 bits per heavy atom. The molecule has 0 aliphatic carbocycles. The highest BCUT2D eigenvalue weighted by atomic mass is 79.9. The Bertz CT molecular complexity index is 910. The quantitative estimate of drug-likeness (QED) is 0.558. The fourth-order valence-corrected chi connectivity index (χ4v) is 3.24. The Labute approximate surface area is 170 Å². The zero-order valence-electron chi connectivity index (χ0n) is 14.8. The standard InChI is InChI=1S/C19H19BrF2N2O2.ClH/c1-11(2)19-23-16-5-3-4-6-17(16)24(19)9-13(25)10-26-18-14(21)7-12(20)8-15(18)22;/h3-8,11,13,25H,9-10H2,1-2H3;1H. The summed E-state index contributed by atoms with van der Waals surface area (Å²) in [5.74, 6) is -1.13. The van der Waals surface area contributed by atoms with Crippen molar-refractivity contribution >= 4 is 39.4 Å². The van der Waals surface area contributed by atoms with Crippen molar-refractivity contribution in [3.8, 4) is 5.75 Å². The Balaban J connectivity index is 0.00000261. The summed E-state index contributed by atoms with van der Waals surface area (Å²) in [4.78, 5) is 4.61. The van der Waals surface area contributed by atoms with Gasteiger partial charge in [-0.15, -0.1) is 12.4 Å². The molecule has 0 spiro atoms. The minimum Gasteiger partial charge on any atom is -0.485 e. The maximum atomic E-state index is 13.8. The van der Waals surface area contributed by atoms with Gasteiger partial charge in [0.25, 0.3) is 0 Å². The van der Waals surface area contributed by atoms with Gasteiger partial charge in [0, 0.05) is 10.4 Å². The van der Waals surface area contributed by atoms with E-state index in [1.54, 1.807) is 0 Å². The second kappa shape index (κ2) is 8.99. The molecule has 1 unspecified atom stereocenters. The van der Waals surface area contributed by atoms with Crippen molar-refractivity contribution in [2.45, 2.75) is 32.4 Å². The summed E-state index contributed by atoms with van der Waals surface area (Å²) in [7, 11) is 0. The van der Waals surface area contributed by atoms with E-state index in [4.69, 9.17) is 4.74 Å². The molecule has 1 atom stereocenters. The highest BCUT2D eigenvalue weighted by Gasteiger charge is 2.18. The van der Waals surface area contributed by atoms with Crippen LogP contribution in [0.15, 0.2) is 40.9 Å². The zero-order chi connectivity index (χ0) is 18.8. The molecule has 0 radical (unpaired) electrons. The molecule has 0 saturated heterocycles. The van der Waals surface area contributed by atoms with Crippen LogP contribution >= 0.6 is 28.3 Å². The van der Waals surface area contributed by atoms with Gasteiger partial charge in [-0.1, -0.05) is 41.9 Å². The van der Waals surface area contributed by atoms with Crippen LogP contribution in [0.4, 0.5) is 8.78 Å². The molecule has 3 rings (SSSR count). The van der Waals surface area contributed by atoms with E-state index in [-0.39, 0.29) is 35.9 Å². The number of ether oxygens (including phenoxy) is 1. The minimum absolute atomic E-state index is 0. The van der Waals surface area contributed by atoms with Crippen LogP contribution in [0.2, 0.25) is 0 Å². The van der Waals surface area contributed by atoms with E-state index in [0.717, 1.165) is 29.0 Å². The zero-order valence-corrected chi connectivity index (χ0v) is 17.2. The Kier molecular flexibility index (Phi) is 7.19. The van der Waals surface area contributed by atoms with E-state index in [2.05, 4.69) is 20.9 Å². The molecule has 1 heterocycles. The Morgan fingerprint density at radius 2 is 1.81 bits per heavy atom. The third-order valence-electron chi connectivity index (χ3n) is 3.98. The van der Waals surface area contributed by atoms with Crippen molar-refractivity contribution in [2.24, 2.45) is 0 Å². The molecule has 8 heteroatoms. The summed E-state index contributed by atoms with van der Waals surface area (Å²) in [6, 6.07) is 9.88. The molecule has 0 fully saturated rings. The number of aliphatic hydroxyl groups excluding tert-OH is 1. The normalized spacial score (nSPS) is 12.3. The van der Waals surface area contributed by atoms with Crippen molar-refractivity contribution in [3.63, 3.8) is 0 Å². The van der Waals surface area contributed by atoms with Gasteiger partial charge in [0.05, 0.1) is 17.6 Å². The largest absolute Gasteiger partial charge is 0.485 e. The van der Waals surface area contributed by atoms with Gasteiger partial charge in [-0.25, -0.2) is 13.8 Å². The predicted octanol–water partition coefficient (Wildman–Crippen LogP) is 5.06. The van der Waals surface area contributed by atoms with Gasteiger partial charge in [0.2, 0.25) is 0 Å². The summed E-state index contributed by atoms with van der Waals surface area (Å²) < 4.78 is 35.0. The first-order chi connectivity index (χ1) is 12.4. The number of nitrogens with zero attached hydrogens (tertiary/aromatic N) is 2. The fourth-order valence-electron chi connectivity index (χ4n) is 2.84. The highest BCUT2D eigenvalue weighted by molar-refractivity contribution is 9.10. The van der Waals surface area contributed by atoms with E-state index in [1.807, 2.05) is 42.7 Å². The van der Waals surface area contributed by atoms with Crippen LogP contribution in [0.1, 0.15) is 25.6 Å². The molecule has 1 N–H and O–H groups in total. The van der Waals surface area contributed by atoms with Gasteiger partial charge in [0.1, 0.15) is 18.5 Å². The van der Waals surface area contributed by atoms with E-state index < -0.39 is 23.5 Å². The topological polar surface area (TPSA) is 47.3 Å². The van der Waals surface area contributed by atoms with Crippen molar-refractivity contribution in [2.75, 3.05) is 6.61 Å². The summed E-state index contributed by atoms with van der Waals surface area (Å²) in [5, 5.41) is 10.4. The van der Waals surface area contributed by atoms with Crippen molar-refractivity contribution < 1.29 is 18.6 Å². The lowest BCUT2D eigenvalue weighted by Gasteiger charge is -2.17. The molecule has 0 amide bonds. The lowest BCUT2D eigenvalue weighted by atomic mass is 10.2. The SMILES string of the molecule is CC(C)c1nc2ccccc2n1CC(O)COc1c(F)cc(Br)cc1F.Cl. The lowest BCUT2D eigenvalue weighted by Crippen LogP contribution is -2.25. The number of fused-ring (bicyclic) bond motifs is 1. The minimum atomic E-state index is -0.951. The van der Waals surface area contributed by atoms with Crippen LogP contribution < -0.4 is 4.74 Å². The van der Waals surface area contributed by atoms with Gasteiger partial charge in [-0.3, -0.25) is 0 Å². The number of para-hydroxylation sites is 2. The molecule has 0 saturated carbocycles. The highest BCUT2D eigenvalue weighted by Crippen LogP contribution is 2.26. The molecule has 1 aromatic heterocycles. The number of benzene rings is 2. The number of imidazole rings is 1. The lowest BCUT2D eigenvalue weighted by molar-refractivity contribution is 0.0883. The monoisotopic (exact) mass is 460 g/mol. The number of hydrogen-bond acceptors (Lipinski definition) is 3. The van der Waals surface area contributed by atoms with E-state index in [1.165, 1.54) is 0 Å². The molecular formula is C19H20BrClF2N2O2. The van der Waals surface area contributed by atoms with Crippen LogP contribution in [0.3, 0.4) is 0 Å². The first-order valence-corrected chi connectivity index (χ1v) is 9.06. The number of halogens is 4. The fraction of sp³-hybridized carbons (Fsp3) is 0.316. The van der Waals surface area contributed by atoms with Gasteiger partial charge >= 0.3 is 0 Å². The molecule has 2 aromatic carbocycles. The number of aliphatic hydroxyl groups is 1. The van der Waals surface area contributed by atoms with E-state index in [9.17, 15) is 13.9 Å². The first-order valence-electron chi connectivity index (χ1n) is 8.27. The van der Waals surface area contributed by atoms with Gasteiger partial charge < -0.3 is 14.4 Å². The average molecular weight is 462 g/mol. The summed E-state index contributed by atoms with van der Waals surface area (Å²) in [6.45, 7) is 4.02. The van der Waals surface area contributed by atoms with Gasteiger partial charge in [-0.2, -0.15) is 0 Å². The van der Waals surface area contributed by atoms with Crippen molar-refractivity contribution in [1.29, 1.82) is 0 Å². The maximum absolute atomic E-state index is 13.8. The molecule has 0 bridgehead atoms. The predicted molar refractivity (Wildman–Crippen MR) is 107 cm³/mol. The van der Waals surface area contributed by atoms with E-state index >= 15 is 0 Å². The van der Waals surface area contributed by atoms with Gasteiger partial charge in [-0.05, 0) is 24.3 Å². The van der Waals surface area contributed by atoms with Crippen LogP contribution in [0, 0.1) is 11.6 Å². The van der Waals surface area contributed by atoms with Crippen molar-refractivity contribution in [3.05, 3.63) is 58.3 Å². The molecule has 146 valence electrons. The van der Waals surface area contributed by atoms with E-state index in [0.29, 0.717) is 0 Å². The van der Waals surface area contributed by atoms with Crippen molar-refractivity contribution in [1.82, 2.24) is 9.55 Å². The number of aromatic nitrogens is 2. The van der Waals surface area contributed by atoms with Crippen LogP contribution in [0.5, 0.6) is 5.75 Å². The summed E-state index contributed by atoms with van der Waals surface area (Å²) in [5.41, 5.74) is 1.74. The third kappa shape index (κ3) is 4.78. The smallest absolute Gasteiger partial charge is 0.190 e. The van der Waals surface area contributed by atoms with Crippen LogP contribution in [0.25, 0.3) is 11.0 Å².